The maximum atomic E-state index is 2.48. The van der Waals surface area contributed by atoms with Crippen LogP contribution in [0.2, 0.25) is 0 Å². The predicted molar refractivity (Wildman–Crippen MR) is 92.7 cm³/mol. The second kappa shape index (κ2) is 8.69. The molecule has 0 aliphatic rings. The van der Waals surface area contributed by atoms with Crippen molar-refractivity contribution in [1.82, 2.24) is 0 Å². The molecule has 0 unspecified atom stereocenters. The summed E-state index contributed by atoms with van der Waals surface area (Å²) in [5.41, 5.74) is 0. The van der Waals surface area contributed by atoms with Gasteiger partial charge in [-0.1, -0.05) is 87.2 Å². The Hall–Kier alpha value is 4.60. The Kier molecular flexibility index (Phi) is 21.9. The maximum absolute atomic E-state index is 2.48. The van der Waals surface area contributed by atoms with Gasteiger partial charge in [-0.2, -0.15) is 0 Å². The van der Waals surface area contributed by atoms with Crippen molar-refractivity contribution in [3.05, 3.63) is 0 Å². The number of hydrogen-bond acceptors (Lipinski definition) is 0. The Balaban J connectivity index is -0.0000000800. The molecule has 0 rings (SSSR count). The zero-order chi connectivity index (χ0) is 4.50. The summed E-state index contributed by atoms with van der Waals surface area (Å²) in [4.78, 5) is 0. The highest BCUT2D eigenvalue weighted by Gasteiger charge is 2.13. The molecule has 0 N–H and O–H groups in total. The van der Waals surface area contributed by atoms with E-state index in [2.05, 4.69) is 87.2 Å². The monoisotopic (exact) mass is 791 g/mol. The van der Waals surface area contributed by atoms with Crippen molar-refractivity contribution >= 4 is 133 Å². The molecule has 0 aromatic rings. The zero-order valence-electron chi connectivity index (χ0n) is 2.83. The Morgan fingerprint density at radius 1 is 0.714 bits per heavy atom. The summed E-state index contributed by atoms with van der Waals surface area (Å²) < 4.78 is -0.731. The number of rotatable bonds is 0. The van der Waals surface area contributed by atoms with Crippen LogP contribution in [0.1, 0.15) is 0 Å². The second-order valence-corrected chi connectivity index (χ2v) is 57.9. The highest BCUT2D eigenvalue weighted by atomic mass is 127. The molecule has 48 valence electrons. The molecule has 0 atom stereocenters. The molecule has 0 nitrogen and oxygen atoms in total. The van der Waals surface area contributed by atoms with Crippen molar-refractivity contribution in [3.8, 4) is 0 Å². The molecular formula is H2I6Si. The summed E-state index contributed by atoms with van der Waals surface area (Å²) in [6, 6.07) is 0. The van der Waals surface area contributed by atoms with Crippen LogP contribution < -0.4 is 0 Å². The molecule has 0 aromatic heterocycles. The van der Waals surface area contributed by atoms with Crippen LogP contribution in [-0.4, -0.2) is -1.94 Å². The molecule has 7 heteroatoms. The lowest BCUT2D eigenvalue weighted by atomic mass is 28.0. The normalized spacial score (nSPS) is 8.57. The van der Waals surface area contributed by atoms with Gasteiger partial charge in [-0.25, -0.2) is 0 Å². The van der Waals surface area contributed by atoms with E-state index in [1.807, 2.05) is 0 Å². The van der Waals surface area contributed by atoms with Gasteiger partial charge in [0, 0.05) is 0 Å². The first kappa shape index (κ1) is 17.6. The third-order valence-electron chi connectivity index (χ3n) is 0. The van der Waals surface area contributed by atoms with Crippen molar-refractivity contribution in [3.63, 3.8) is 0 Å². The van der Waals surface area contributed by atoms with E-state index < -0.39 is -1.94 Å². The molecule has 0 spiro atoms. The lowest BCUT2D eigenvalue weighted by Gasteiger charge is -1.89. The number of halogens is 6. The highest BCUT2D eigenvalue weighted by molar-refractivity contribution is 14.5. The van der Waals surface area contributed by atoms with Crippen LogP contribution in [0, 0.1) is 0 Å². The molecule has 0 aromatic carbocycles. The number of hydrogen-bond donors (Lipinski definition) is 0. The molecule has 0 saturated heterocycles. The van der Waals surface area contributed by atoms with Gasteiger partial charge in [0.2, 0.25) is 0 Å². The van der Waals surface area contributed by atoms with Crippen molar-refractivity contribution in [2.45, 2.75) is 0 Å². The summed E-state index contributed by atoms with van der Waals surface area (Å²) in [5.74, 6) is 0. The molecule has 0 bridgehead atoms. The van der Waals surface area contributed by atoms with Crippen LogP contribution in [0.5, 0.6) is 0 Å². The van der Waals surface area contributed by atoms with E-state index in [4.69, 9.17) is 0 Å². The third kappa shape index (κ3) is 37.1. The van der Waals surface area contributed by atoms with E-state index in [1.54, 1.807) is 0 Å². The van der Waals surface area contributed by atoms with Crippen LogP contribution in [0.4, 0.5) is 0 Å². The topological polar surface area (TPSA) is 0 Å². The van der Waals surface area contributed by atoms with Crippen molar-refractivity contribution < 1.29 is 0 Å². The lowest BCUT2D eigenvalue weighted by Crippen LogP contribution is -1.84. The zero-order valence-corrected chi connectivity index (χ0v) is 17.1. The summed E-state index contributed by atoms with van der Waals surface area (Å²) in [6.07, 6.45) is 0. The molecule has 0 aliphatic carbocycles. The van der Waals surface area contributed by atoms with E-state index in [9.17, 15) is 0 Å². The van der Waals surface area contributed by atoms with Gasteiger partial charge in [0.25, 0.3) is 0 Å². The van der Waals surface area contributed by atoms with Gasteiger partial charge in [-0.15, -0.1) is 48.0 Å². The fraction of sp³-hybridized carbons (Fsp3) is 0. The first-order valence-corrected chi connectivity index (χ1v) is 15.2. The predicted octanol–water partition coefficient (Wildman–Crippen LogP) is 4.40. The van der Waals surface area contributed by atoms with Gasteiger partial charge in [-0.05, 0) is 0 Å². The average Bonchev–Trinajstić information content (AvgIpc) is 0.722. The molecule has 7 heavy (non-hydrogen) atoms. The summed E-state index contributed by atoms with van der Waals surface area (Å²) in [5, 5.41) is 0. The average molecular weight is 792 g/mol. The Labute approximate surface area is 129 Å². The molecule has 0 fully saturated rings. The lowest BCUT2D eigenvalue weighted by molar-refractivity contribution is 5.30. The van der Waals surface area contributed by atoms with Gasteiger partial charge in [-0.3, -0.25) is 0 Å². The fourth-order valence-corrected chi connectivity index (χ4v) is 0. The van der Waals surface area contributed by atoms with E-state index >= 15 is 0 Å². The minimum atomic E-state index is -0.731. The summed E-state index contributed by atoms with van der Waals surface area (Å²) in [6.45, 7) is 0. The van der Waals surface area contributed by atoms with Crippen molar-refractivity contribution in [2.75, 3.05) is 0 Å². The van der Waals surface area contributed by atoms with Gasteiger partial charge >= 0.3 is -1.94 Å². The molecule has 0 saturated carbocycles. The SMILES string of the molecule is I.I.I[Si](I)(I)I. The van der Waals surface area contributed by atoms with Crippen LogP contribution in [0.15, 0.2) is 0 Å². The van der Waals surface area contributed by atoms with E-state index in [1.165, 1.54) is 0 Å². The van der Waals surface area contributed by atoms with Gasteiger partial charge in [0.1, 0.15) is 0 Å². The highest BCUT2D eigenvalue weighted by Crippen LogP contribution is 2.35. The van der Waals surface area contributed by atoms with Gasteiger partial charge in [0.15, 0.2) is 0 Å². The van der Waals surface area contributed by atoms with E-state index in [-0.39, 0.29) is 48.0 Å². The van der Waals surface area contributed by atoms with Crippen LogP contribution in [0.25, 0.3) is 0 Å². The molecular weight excluding hydrogens is 790 g/mol. The van der Waals surface area contributed by atoms with E-state index in [0.717, 1.165) is 0 Å². The van der Waals surface area contributed by atoms with Gasteiger partial charge in [0.05, 0.1) is 0 Å². The maximum Gasteiger partial charge on any atom is 0.317 e. The molecule has 0 heterocycles. The molecule has 0 aliphatic heterocycles. The molecule has 0 amide bonds. The summed E-state index contributed by atoms with van der Waals surface area (Å²) >= 11 is 9.91. The van der Waals surface area contributed by atoms with Crippen molar-refractivity contribution in [1.29, 1.82) is 0 Å². The standard InChI is InChI=1S/I4Si.2HI/c1-5(2,3)4;;/h;2*1H. The first-order chi connectivity index (χ1) is 2.00. The summed E-state index contributed by atoms with van der Waals surface area (Å²) in [7, 11) is 0. The second-order valence-electron chi connectivity index (χ2n) is 0.429. The minimum absolute atomic E-state index is 0. The fourth-order valence-electron chi connectivity index (χ4n) is 0. The first-order valence-electron chi connectivity index (χ1n) is 0.756. The molecule has 0 radical (unpaired) electrons. The van der Waals surface area contributed by atoms with Crippen LogP contribution in [0.3, 0.4) is 0 Å². The Bertz CT molecular complexity index is 19.7. The van der Waals surface area contributed by atoms with Gasteiger partial charge < -0.3 is 0 Å². The minimum Gasteiger partial charge on any atom is -0.107 e. The Morgan fingerprint density at radius 3 is 0.714 bits per heavy atom. The van der Waals surface area contributed by atoms with Crippen LogP contribution >= 0.6 is 135 Å². The van der Waals surface area contributed by atoms with E-state index in [0.29, 0.717) is 0 Å². The Morgan fingerprint density at radius 2 is 0.714 bits per heavy atom. The quantitative estimate of drug-likeness (QED) is 0.194. The van der Waals surface area contributed by atoms with Crippen molar-refractivity contribution in [2.24, 2.45) is 0 Å². The smallest absolute Gasteiger partial charge is 0.107 e. The third-order valence-corrected chi connectivity index (χ3v) is 0. The largest absolute Gasteiger partial charge is 0.317 e. The van der Waals surface area contributed by atoms with Crippen LogP contribution in [-0.2, 0) is 0 Å².